The maximum atomic E-state index is 8.89. The van der Waals surface area contributed by atoms with Gasteiger partial charge in [0.15, 0.2) is 0 Å². The van der Waals surface area contributed by atoms with E-state index in [-0.39, 0.29) is 46.0 Å². The molecule has 10 aromatic rings. The fourth-order valence-electron chi connectivity index (χ4n) is 6.85. The predicted octanol–water partition coefficient (Wildman–Crippen LogP) is 12.0. The van der Waals surface area contributed by atoms with E-state index in [4.69, 9.17) is 15.4 Å². The molecule has 0 unspecified atom stereocenters. The summed E-state index contributed by atoms with van der Waals surface area (Å²) < 4.78 is 79.2. The molecule has 3 heterocycles. The van der Waals surface area contributed by atoms with Crippen LogP contribution in [0.5, 0.6) is 0 Å². The van der Waals surface area contributed by atoms with E-state index in [1.165, 1.54) is 4.57 Å². The predicted molar refractivity (Wildman–Crippen MR) is 196 cm³/mol. The molecule has 0 atom stereocenters. The third kappa shape index (κ3) is 3.93. The fourth-order valence-corrected chi connectivity index (χ4v) is 6.85. The molecule has 0 aliphatic rings. The standard InChI is InChI=1S/C44H28N2O/c1-3-11-29(12-4-1)31-19-25-41-37(27-31)43-38-28-32(30-13-5-2-6-14-30)20-26-42(38)47-44(43)46(41)34-23-21-33(22-24-34)45-39-17-9-7-15-35(39)36-16-8-10-18-40(36)45/h1-28H/i7D,8D,9D,10D,15D,16D,17D,18D. The van der Waals surface area contributed by atoms with Gasteiger partial charge in [-0.25, -0.2) is 0 Å². The van der Waals surface area contributed by atoms with E-state index in [0.717, 1.165) is 55.2 Å². The summed E-state index contributed by atoms with van der Waals surface area (Å²) in [6, 6.07) is 37.2. The second-order valence-corrected chi connectivity index (χ2v) is 11.6. The lowest BCUT2D eigenvalue weighted by Crippen LogP contribution is -1.97. The molecular formula is C44H28N2O. The summed E-state index contributed by atoms with van der Waals surface area (Å²) in [5, 5.41) is 3.05. The summed E-state index contributed by atoms with van der Waals surface area (Å²) in [6.45, 7) is 0. The first-order chi connectivity index (χ1) is 26.6. The van der Waals surface area contributed by atoms with Crippen LogP contribution in [-0.4, -0.2) is 9.13 Å². The number of fused-ring (bicyclic) bond motifs is 8. The molecule has 0 saturated carbocycles. The van der Waals surface area contributed by atoms with E-state index in [9.17, 15) is 0 Å². The third-order valence-electron chi connectivity index (χ3n) is 8.99. The van der Waals surface area contributed by atoms with Crippen LogP contribution < -0.4 is 0 Å². The largest absolute Gasteiger partial charge is 0.439 e. The number of nitrogens with zero attached hydrogens (tertiary/aromatic N) is 2. The number of benzene rings is 7. The van der Waals surface area contributed by atoms with Crippen molar-refractivity contribution in [3.8, 4) is 33.6 Å². The van der Waals surface area contributed by atoms with Crippen molar-refractivity contribution in [3.05, 3.63) is 170 Å². The van der Waals surface area contributed by atoms with Gasteiger partial charge in [-0.05, 0) is 82.9 Å². The number of furan rings is 1. The molecule has 47 heavy (non-hydrogen) atoms. The highest BCUT2D eigenvalue weighted by Crippen LogP contribution is 2.42. The van der Waals surface area contributed by atoms with Gasteiger partial charge in [0.2, 0.25) is 5.71 Å². The lowest BCUT2D eigenvalue weighted by molar-refractivity contribution is 0.645. The first-order valence-corrected chi connectivity index (χ1v) is 15.4. The first kappa shape index (κ1) is 19.3. The Morgan fingerprint density at radius 1 is 0.426 bits per heavy atom. The van der Waals surface area contributed by atoms with Gasteiger partial charge in [-0.2, -0.15) is 0 Å². The lowest BCUT2D eigenvalue weighted by atomic mass is 10.0. The highest BCUT2D eigenvalue weighted by Gasteiger charge is 2.21. The van der Waals surface area contributed by atoms with E-state index in [1.54, 1.807) is 12.1 Å². The monoisotopic (exact) mass is 608 g/mol. The Kier molecular flexibility index (Phi) is 4.14. The maximum absolute atomic E-state index is 8.89. The Hall–Kier alpha value is -6.32. The average Bonchev–Trinajstić information content (AvgIpc) is 3.88. The lowest BCUT2D eigenvalue weighted by Gasteiger charge is -2.11. The molecule has 0 amide bonds. The zero-order chi connectivity index (χ0) is 37.9. The molecule has 0 spiro atoms. The summed E-state index contributed by atoms with van der Waals surface area (Å²) in [5.41, 5.74) is 8.05. The topological polar surface area (TPSA) is 23.0 Å². The number of rotatable bonds is 4. The SMILES string of the molecule is [2H]c1c([2H])c([2H])c2c(c1[2H])c1c([2H])c([2H])c([2H])c([2H])c1n2-c1ccc(-n2c3ccc(-c4ccccc4)cc3c3c4cc(-c5ccccc5)ccc4oc32)cc1. The van der Waals surface area contributed by atoms with Crippen molar-refractivity contribution in [1.82, 2.24) is 9.13 Å². The second-order valence-electron chi connectivity index (χ2n) is 11.6. The molecule has 10 rings (SSSR count). The van der Waals surface area contributed by atoms with Crippen molar-refractivity contribution >= 4 is 54.8 Å². The Balaban J connectivity index is 1.23. The van der Waals surface area contributed by atoms with Crippen LogP contribution in [0.3, 0.4) is 0 Å². The normalized spacial score (nSPS) is 14.2. The van der Waals surface area contributed by atoms with Crippen molar-refractivity contribution in [2.45, 2.75) is 0 Å². The van der Waals surface area contributed by atoms with Gasteiger partial charge in [0.25, 0.3) is 0 Å². The minimum absolute atomic E-state index is 0.0431. The molecule has 0 saturated heterocycles. The van der Waals surface area contributed by atoms with Gasteiger partial charge in [-0.15, -0.1) is 0 Å². The summed E-state index contributed by atoms with van der Waals surface area (Å²) in [7, 11) is 0. The van der Waals surface area contributed by atoms with Gasteiger partial charge in [-0.3, -0.25) is 4.57 Å². The highest BCUT2D eigenvalue weighted by molar-refractivity contribution is 6.21. The molecule has 0 bridgehead atoms. The van der Waals surface area contributed by atoms with Gasteiger partial charge < -0.3 is 8.98 Å². The van der Waals surface area contributed by atoms with Crippen molar-refractivity contribution < 1.29 is 15.4 Å². The Bertz CT molecular complexity index is 3140. The zero-order valence-corrected chi connectivity index (χ0v) is 24.8. The van der Waals surface area contributed by atoms with E-state index in [1.807, 2.05) is 54.6 Å². The molecule has 0 N–H and O–H groups in total. The molecule has 0 aliphatic carbocycles. The van der Waals surface area contributed by atoms with E-state index in [2.05, 4.69) is 59.2 Å². The quantitative estimate of drug-likeness (QED) is 0.195. The average molecular weight is 609 g/mol. The van der Waals surface area contributed by atoms with Gasteiger partial charge in [-0.1, -0.05) is 109 Å². The summed E-state index contributed by atoms with van der Waals surface area (Å²) in [4.78, 5) is 0. The number of aromatic nitrogens is 2. The molecule has 0 radical (unpaired) electrons. The van der Waals surface area contributed by atoms with Gasteiger partial charge in [0.05, 0.1) is 32.9 Å². The van der Waals surface area contributed by atoms with Crippen LogP contribution in [0.25, 0.3) is 88.4 Å². The maximum Gasteiger partial charge on any atom is 0.213 e. The molecule has 3 nitrogen and oxygen atoms in total. The molecule has 220 valence electrons. The Labute approximate surface area is 282 Å². The Morgan fingerprint density at radius 2 is 0.957 bits per heavy atom. The summed E-state index contributed by atoms with van der Waals surface area (Å²) >= 11 is 0. The van der Waals surface area contributed by atoms with Crippen molar-refractivity contribution in [2.75, 3.05) is 0 Å². The molecule has 3 heteroatoms. The van der Waals surface area contributed by atoms with E-state index >= 15 is 0 Å². The number of para-hydroxylation sites is 2. The van der Waals surface area contributed by atoms with Crippen LogP contribution in [0.4, 0.5) is 0 Å². The molecule has 0 aliphatic heterocycles. The smallest absolute Gasteiger partial charge is 0.213 e. The highest BCUT2D eigenvalue weighted by atomic mass is 16.3. The molecule has 7 aromatic carbocycles. The minimum atomic E-state index is -0.472. The van der Waals surface area contributed by atoms with Crippen LogP contribution in [-0.2, 0) is 0 Å². The second kappa shape index (κ2) is 10.1. The van der Waals surface area contributed by atoms with Crippen LogP contribution in [0.2, 0.25) is 0 Å². The van der Waals surface area contributed by atoms with Gasteiger partial charge in [0, 0.05) is 32.9 Å². The van der Waals surface area contributed by atoms with Crippen LogP contribution in [0.15, 0.2) is 174 Å². The fraction of sp³-hybridized carbons (Fsp3) is 0. The van der Waals surface area contributed by atoms with Crippen molar-refractivity contribution in [1.29, 1.82) is 0 Å². The summed E-state index contributed by atoms with van der Waals surface area (Å²) in [6.07, 6.45) is 0. The summed E-state index contributed by atoms with van der Waals surface area (Å²) in [5.74, 6) is 0. The van der Waals surface area contributed by atoms with E-state index in [0.29, 0.717) is 11.4 Å². The van der Waals surface area contributed by atoms with Crippen LogP contribution in [0, 0.1) is 0 Å². The van der Waals surface area contributed by atoms with Crippen molar-refractivity contribution in [3.63, 3.8) is 0 Å². The van der Waals surface area contributed by atoms with Crippen molar-refractivity contribution in [2.24, 2.45) is 0 Å². The van der Waals surface area contributed by atoms with Gasteiger partial charge >= 0.3 is 0 Å². The number of hydrogen-bond acceptors (Lipinski definition) is 1. The van der Waals surface area contributed by atoms with Crippen LogP contribution >= 0.6 is 0 Å². The first-order valence-electron chi connectivity index (χ1n) is 19.4. The number of hydrogen-bond donors (Lipinski definition) is 0. The molecular weight excluding hydrogens is 572 g/mol. The van der Waals surface area contributed by atoms with Crippen LogP contribution in [0.1, 0.15) is 11.0 Å². The zero-order valence-electron chi connectivity index (χ0n) is 32.8. The molecule has 0 fully saturated rings. The Morgan fingerprint density at radius 3 is 1.57 bits per heavy atom. The third-order valence-corrected chi connectivity index (χ3v) is 8.99. The minimum Gasteiger partial charge on any atom is -0.439 e. The van der Waals surface area contributed by atoms with Gasteiger partial charge in [0.1, 0.15) is 5.58 Å². The molecule has 3 aromatic heterocycles. The van der Waals surface area contributed by atoms with E-state index < -0.39 is 24.2 Å².